The standard InChI is InChI=1S/C29H34F5N3O5S.C24H26F5N3O4S.2ClH/c30-28(31,29(32,33)34)13-12-20-4-11-24(35-19-20)21-5-9-23(10-6-21)43(39,40)27(14-16-37(17-15-27)22-7-8-22)26(38)36-42-25-3-1-2-18-41-25;25-23(26,24(27,28)29)10-9-16-1-8-20(30-15-16)17-2-6-19(7-3-17)37(35,36)22(21(33)31-34)11-13-32(14-12-22)18-4-5-18;;/h4-6,9-11,19,22,25H,1-3,7-8,12-18H2,(H,36,38);1-3,6-8,15,18,34H,4-5,9-14H2,(H,31,33);2*1H. The van der Waals surface area contributed by atoms with Crippen LogP contribution in [0.15, 0.2) is 95.0 Å². The molecule has 82 heavy (non-hydrogen) atoms. The van der Waals surface area contributed by atoms with Gasteiger partial charge in [-0.25, -0.2) is 32.6 Å². The number of carbonyl (C=O) groups excluding carboxylic acids is 2. The highest BCUT2D eigenvalue weighted by Crippen LogP contribution is 2.43. The van der Waals surface area contributed by atoms with E-state index in [0.29, 0.717) is 73.8 Å². The molecule has 0 bridgehead atoms. The van der Waals surface area contributed by atoms with Gasteiger partial charge in [0.15, 0.2) is 35.5 Å². The number of hydrogen-bond donors (Lipinski definition) is 3. The molecule has 1 unspecified atom stereocenters. The largest absolute Gasteiger partial charge is 0.453 e. The van der Waals surface area contributed by atoms with Gasteiger partial charge in [-0.15, -0.1) is 24.8 Å². The Morgan fingerprint density at radius 1 is 0.585 bits per heavy atom. The fourth-order valence-corrected chi connectivity index (χ4v) is 14.1. The van der Waals surface area contributed by atoms with Crippen molar-refractivity contribution in [2.24, 2.45) is 0 Å². The average molecular weight is 1250 g/mol. The van der Waals surface area contributed by atoms with Crippen LogP contribution in [0.5, 0.6) is 0 Å². The Morgan fingerprint density at radius 2 is 0.976 bits per heavy atom. The van der Waals surface area contributed by atoms with Crippen LogP contribution in [0.2, 0.25) is 0 Å². The van der Waals surface area contributed by atoms with Crippen LogP contribution >= 0.6 is 24.8 Å². The summed E-state index contributed by atoms with van der Waals surface area (Å²) >= 11 is 0. The summed E-state index contributed by atoms with van der Waals surface area (Å²) in [6, 6.07) is 17.9. The van der Waals surface area contributed by atoms with E-state index in [-0.39, 0.29) is 71.4 Å². The Balaban J connectivity index is 0.000000260. The van der Waals surface area contributed by atoms with Crippen LogP contribution in [0.25, 0.3) is 22.5 Å². The van der Waals surface area contributed by atoms with Gasteiger partial charge in [-0.2, -0.15) is 43.9 Å². The second-order valence-corrected chi connectivity index (χ2v) is 25.4. The van der Waals surface area contributed by atoms with Gasteiger partial charge in [0.2, 0.25) is 0 Å². The van der Waals surface area contributed by atoms with Gasteiger partial charge in [0.05, 0.1) is 21.2 Å². The highest BCUT2D eigenvalue weighted by molar-refractivity contribution is 7.94. The fourth-order valence-electron chi connectivity index (χ4n) is 10.2. The lowest BCUT2D eigenvalue weighted by atomic mass is 9.94. The highest BCUT2D eigenvalue weighted by Gasteiger charge is 2.58. The molecule has 2 saturated carbocycles. The third-order valence-electron chi connectivity index (χ3n) is 15.6. The molecule has 2 aliphatic carbocycles. The Bertz CT molecular complexity index is 3010. The van der Waals surface area contributed by atoms with Crippen LogP contribution < -0.4 is 11.0 Å². The number of nitrogens with zero attached hydrogens (tertiary/aromatic N) is 4. The molecule has 4 aromatic rings. The van der Waals surface area contributed by atoms with E-state index in [4.69, 9.17) is 9.57 Å². The van der Waals surface area contributed by atoms with Gasteiger partial charge < -0.3 is 14.5 Å². The molecule has 9 rings (SSSR count). The molecule has 1 atom stereocenters. The quantitative estimate of drug-likeness (QED) is 0.0484. The van der Waals surface area contributed by atoms with Crippen molar-refractivity contribution < 1.29 is 85.1 Å². The van der Waals surface area contributed by atoms with E-state index >= 15 is 0 Å². The van der Waals surface area contributed by atoms with Crippen molar-refractivity contribution in [3.05, 3.63) is 96.3 Å². The van der Waals surface area contributed by atoms with Crippen LogP contribution in [0, 0.1) is 0 Å². The summed E-state index contributed by atoms with van der Waals surface area (Å²) in [7, 11) is -8.37. The number of pyridine rings is 2. The fraction of sp³-hybridized carbons (Fsp3) is 0.547. The monoisotopic (exact) mass is 1250 g/mol. The zero-order valence-corrected chi connectivity index (χ0v) is 47.1. The molecule has 5 fully saturated rings. The van der Waals surface area contributed by atoms with Gasteiger partial charge in [-0.3, -0.25) is 24.8 Å². The first-order chi connectivity index (χ1) is 37.6. The van der Waals surface area contributed by atoms with Crippen LogP contribution in [0.3, 0.4) is 0 Å². The second-order valence-electron chi connectivity index (χ2n) is 20.9. The number of ether oxygens (including phenoxy) is 1. The van der Waals surface area contributed by atoms with Gasteiger partial charge >= 0.3 is 24.2 Å². The predicted molar refractivity (Wildman–Crippen MR) is 283 cm³/mol. The molecule has 3 saturated heterocycles. The number of rotatable bonds is 18. The van der Waals surface area contributed by atoms with Crippen molar-refractivity contribution >= 4 is 56.3 Å². The minimum atomic E-state index is -5.62. The van der Waals surface area contributed by atoms with E-state index < -0.39 is 97.2 Å². The molecule has 0 spiro atoms. The lowest BCUT2D eigenvalue weighted by Crippen LogP contribution is -2.58. The molecule has 3 aliphatic heterocycles. The molecular weight excluding hydrogens is 1190 g/mol. The number of nitrogens with one attached hydrogen (secondary N) is 2. The van der Waals surface area contributed by atoms with Crippen molar-refractivity contribution in [1.82, 2.24) is 30.7 Å². The van der Waals surface area contributed by atoms with E-state index in [9.17, 15) is 75.5 Å². The summed E-state index contributed by atoms with van der Waals surface area (Å²) in [6.45, 7) is 2.25. The third kappa shape index (κ3) is 14.7. The summed E-state index contributed by atoms with van der Waals surface area (Å²) in [5.74, 6) is -11.3. The Morgan fingerprint density at radius 3 is 1.29 bits per heavy atom. The smallest absolute Gasteiger partial charge is 0.350 e. The molecule has 2 aromatic carbocycles. The van der Waals surface area contributed by atoms with Crippen molar-refractivity contribution in [2.45, 2.75) is 158 Å². The molecule has 3 N–H and O–H groups in total. The number of hydroxylamine groups is 2. The predicted octanol–water partition coefficient (Wildman–Crippen LogP) is 10.2. The highest BCUT2D eigenvalue weighted by atomic mass is 35.5. The molecule has 5 aliphatic rings. The molecule has 5 heterocycles. The van der Waals surface area contributed by atoms with Gasteiger partial charge in [-0.05, 0) is 125 Å². The Kier molecular flexibility index (Phi) is 21.3. The lowest BCUT2D eigenvalue weighted by Gasteiger charge is -2.40. The average Bonchev–Trinajstić information content (AvgIpc) is 4.52. The van der Waals surface area contributed by atoms with Gasteiger partial charge in [0.25, 0.3) is 11.8 Å². The summed E-state index contributed by atoms with van der Waals surface area (Å²) < 4.78 is 184. The van der Waals surface area contributed by atoms with Crippen molar-refractivity contribution in [1.29, 1.82) is 0 Å². The van der Waals surface area contributed by atoms with E-state index in [1.165, 1.54) is 90.7 Å². The molecule has 454 valence electrons. The second kappa shape index (κ2) is 26.3. The number of hydrogen-bond acceptors (Lipinski definition) is 13. The Labute approximate surface area is 479 Å². The summed E-state index contributed by atoms with van der Waals surface area (Å²) in [5, 5.41) is 9.30. The van der Waals surface area contributed by atoms with Gasteiger partial charge in [0.1, 0.15) is 0 Å². The first kappa shape index (κ1) is 66.4. The van der Waals surface area contributed by atoms with Crippen molar-refractivity contribution in [3.63, 3.8) is 0 Å². The summed E-state index contributed by atoms with van der Waals surface area (Å²) in [4.78, 5) is 44.1. The van der Waals surface area contributed by atoms with E-state index in [1.807, 2.05) is 0 Å². The number of benzene rings is 2. The zero-order chi connectivity index (χ0) is 57.9. The number of carbonyl (C=O) groups is 2. The number of amides is 2. The van der Waals surface area contributed by atoms with Gasteiger partial charge in [0, 0.05) is 87.7 Å². The van der Waals surface area contributed by atoms with Gasteiger partial charge in [-0.1, -0.05) is 36.4 Å². The number of aromatic nitrogens is 2. The topological polar surface area (TPSA) is 197 Å². The molecule has 29 heteroatoms. The van der Waals surface area contributed by atoms with Crippen molar-refractivity contribution in [2.75, 3.05) is 32.8 Å². The molecule has 2 amide bonds. The van der Waals surface area contributed by atoms with Crippen LogP contribution in [0.4, 0.5) is 43.9 Å². The first-order valence-corrected chi connectivity index (χ1v) is 29.1. The number of likely N-dealkylation sites (tertiary alicyclic amines) is 2. The summed E-state index contributed by atoms with van der Waals surface area (Å²) in [6.07, 6.45) is -6.45. The normalized spacial score (nSPS) is 20.0. The number of halogens is 12. The maximum atomic E-state index is 14.1. The zero-order valence-electron chi connectivity index (χ0n) is 43.9. The minimum absolute atomic E-state index is 0. The minimum Gasteiger partial charge on any atom is -0.350 e. The number of alkyl halides is 10. The Hall–Kier alpha value is -4.74. The number of sulfone groups is 2. The molecule has 15 nitrogen and oxygen atoms in total. The van der Waals surface area contributed by atoms with E-state index in [2.05, 4.69) is 25.2 Å². The SMILES string of the molecule is Cl.Cl.O=C(NO)C1(S(=O)(=O)c2ccc(-c3ccc(CCC(F)(F)C(F)(F)F)cn3)cc2)CCN(C2CC2)CC1.O=C(NOC1CCCCO1)C1(S(=O)(=O)c2ccc(-c3ccc(CCC(F)(F)C(F)(F)F)cn3)cc2)CCN(C2CC2)CC1. The van der Waals surface area contributed by atoms with Crippen molar-refractivity contribution in [3.8, 4) is 22.5 Å². The molecule has 2 aromatic heterocycles. The van der Waals surface area contributed by atoms with Crippen LogP contribution in [-0.4, -0.2) is 138 Å². The summed E-state index contributed by atoms with van der Waals surface area (Å²) in [5.41, 5.74) is 6.04. The maximum Gasteiger partial charge on any atom is 0.453 e. The first-order valence-electron chi connectivity index (χ1n) is 26.1. The van der Waals surface area contributed by atoms with E-state index in [0.717, 1.165) is 38.5 Å². The number of aryl methyl sites for hydroxylation is 2. The maximum absolute atomic E-state index is 14.1. The van der Waals surface area contributed by atoms with Crippen LogP contribution in [-0.2, 0) is 51.7 Å². The lowest BCUT2D eigenvalue weighted by molar-refractivity contribution is -0.284. The third-order valence-corrected chi connectivity index (χ3v) is 20.6. The van der Waals surface area contributed by atoms with Crippen LogP contribution in [0.1, 0.15) is 94.6 Å². The molecular formula is C53H62Cl2F10N6O9S2. The number of piperidine rings is 2. The molecule has 0 radical (unpaired) electrons. The van der Waals surface area contributed by atoms with E-state index in [1.54, 1.807) is 0 Å².